The van der Waals surface area contributed by atoms with E-state index in [9.17, 15) is 9.59 Å². The molecule has 1 amide bonds. The third-order valence-corrected chi connectivity index (χ3v) is 5.03. The maximum atomic E-state index is 12.8. The molecule has 1 aliphatic heterocycles. The molecule has 1 saturated carbocycles. The maximum absolute atomic E-state index is 12.8. The number of furan rings is 1. The zero-order valence-corrected chi connectivity index (χ0v) is 15.3. The van der Waals surface area contributed by atoms with E-state index < -0.39 is 0 Å². The Labute approximate surface area is 158 Å². The molecule has 1 aliphatic carbocycles. The Morgan fingerprint density at radius 1 is 1.11 bits per heavy atom. The lowest BCUT2D eigenvalue weighted by atomic mass is 10.0. The Balaban J connectivity index is 1.39. The summed E-state index contributed by atoms with van der Waals surface area (Å²) in [5.41, 5.74) is 0.545. The average Bonchev–Trinajstić information content (AvgIpc) is 3.36. The van der Waals surface area contributed by atoms with Gasteiger partial charge in [0.25, 0.3) is 0 Å². The molecule has 2 heterocycles. The standard InChI is InChI=1S/C21H23NO5/c1-14(18-3-2-10-25-18)22(16-5-6-16)21(24)9-7-17(23)15-4-8-19-20(13-15)27-12-11-26-19/h2-4,8,10,13-14,16H,5-7,9,11-12H2,1H3. The van der Waals surface area contributed by atoms with Gasteiger partial charge in [0, 0.05) is 24.4 Å². The average molecular weight is 369 g/mol. The van der Waals surface area contributed by atoms with Crippen molar-refractivity contribution in [3.8, 4) is 11.5 Å². The molecule has 0 radical (unpaired) electrons. The fourth-order valence-corrected chi connectivity index (χ4v) is 3.47. The Kier molecular flexibility index (Phi) is 4.88. The Bertz CT molecular complexity index is 825. The van der Waals surface area contributed by atoms with Crippen molar-refractivity contribution in [2.75, 3.05) is 13.2 Å². The highest BCUT2D eigenvalue weighted by Crippen LogP contribution is 2.35. The van der Waals surface area contributed by atoms with Gasteiger partial charge in [-0.15, -0.1) is 0 Å². The number of carbonyl (C=O) groups excluding carboxylic acids is 2. The van der Waals surface area contributed by atoms with Crippen LogP contribution in [0.1, 0.15) is 54.8 Å². The van der Waals surface area contributed by atoms with Crippen LogP contribution < -0.4 is 9.47 Å². The van der Waals surface area contributed by atoms with E-state index in [4.69, 9.17) is 13.9 Å². The normalized spacial score (nSPS) is 16.6. The number of ether oxygens (including phenoxy) is 2. The van der Waals surface area contributed by atoms with Crippen LogP contribution in [0.2, 0.25) is 0 Å². The van der Waals surface area contributed by atoms with Crippen LogP contribution in [0.25, 0.3) is 0 Å². The lowest BCUT2D eigenvalue weighted by molar-refractivity contribution is -0.134. The number of fused-ring (bicyclic) bond motifs is 1. The molecule has 1 aromatic carbocycles. The van der Waals surface area contributed by atoms with Gasteiger partial charge in [-0.3, -0.25) is 9.59 Å². The molecule has 4 rings (SSSR count). The lowest BCUT2D eigenvalue weighted by Crippen LogP contribution is -2.35. The van der Waals surface area contributed by atoms with E-state index in [1.54, 1.807) is 24.5 Å². The van der Waals surface area contributed by atoms with Crippen LogP contribution >= 0.6 is 0 Å². The number of nitrogens with zero attached hydrogens (tertiary/aromatic N) is 1. The lowest BCUT2D eigenvalue weighted by Gasteiger charge is -2.28. The number of benzene rings is 1. The van der Waals surface area contributed by atoms with E-state index in [2.05, 4.69) is 0 Å². The third kappa shape index (κ3) is 3.84. The summed E-state index contributed by atoms with van der Waals surface area (Å²) in [4.78, 5) is 27.2. The fraction of sp³-hybridized carbons (Fsp3) is 0.429. The van der Waals surface area contributed by atoms with Gasteiger partial charge >= 0.3 is 0 Å². The van der Waals surface area contributed by atoms with Gasteiger partial charge in [-0.2, -0.15) is 0 Å². The molecular weight excluding hydrogens is 346 g/mol. The summed E-state index contributed by atoms with van der Waals surface area (Å²) in [6, 6.07) is 9.02. The van der Waals surface area contributed by atoms with Crippen LogP contribution in [0.3, 0.4) is 0 Å². The number of rotatable bonds is 7. The van der Waals surface area contributed by atoms with E-state index in [0.29, 0.717) is 30.3 Å². The molecule has 2 aliphatic rings. The fourth-order valence-electron chi connectivity index (χ4n) is 3.47. The summed E-state index contributed by atoms with van der Waals surface area (Å²) in [6.45, 7) is 2.96. The van der Waals surface area contributed by atoms with Gasteiger partial charge in [-0.1, -0.05) is 0 Å². The van der Waals surface area contributed by atoms with E-state index in [1.165, 1.54) is 0 Å². The minimum atomic E-state index is -0.121. The second-order valence-corrected chi connectivity index (χ2v) is 7.01. The van der Waals surface area contributed by atoms with Gasteiger partial charge in [0.05, 0.1) is 12.3 Å². The molecule has 0 N–H and O–H groups in total. The Hall–Kier alpha value is -2.76. The van der Waals surface area contributed by atoms with Crippen LogP contribution in [0, 0.1) is 0 Å². The largest absolute Gasteiger partial charge is 0.486 e. The van der Waals surface area contributed by atoms with Crippen LogP contribution in [0.15, 0.2) is 41.0 Å². The topological polar surface area (TPSA) is 69.0 Å². The molecular formula is C21H23NO5. The molecule has 2 aromatic rings. The Morgan fingerprint density at radius 3 is 2.59 bits per heavy atom. The van der Waals surface area contributed by atoms with Crippen LogP contribution in [0.4, 0.5) is 0 Å². The third-order valence-electron chi connectivity index (χ3n) is 5.03. The van der Waals surface area contributed by atoms with Gasteiger partial charge in [-0.05, 0) is 50.1 Å². The van der Waals surface area contributed by atoms with Gasteiger partial charge in [-0.25, -0.2) is 0 Å². The van der Waals surface area contributed by atoms with E-state index in [1.807, 2.05) is 24.0 Å². The zero-order valence-electron chi connectivity index (χ0n) is 15.3. The molecule has 0 saturated heterocycles. The summed E-state index contributed by atoms with van der Waals surface area (Å²) < 4.78 is 16.5. The molecule has 142 valence electrons. The molecule has 1 aromatic heterocycles. The number of carbonyl (C=O) groups is 2. The predicted molar refractivity (Wildman–Crippen MR) is 98.0 cm³/mol. The maximum Gasteiger partial charge on any atom is 0.223 e. The number of hydrogen-bond donors (Lipinski definition) is 0. The Morgan fingerprint density at radius 2 is 1.89 bits per heavy atom. The molecule has 1 fully saturated rings. The van der Waals surface area contributed by atoms with Crippen LogP contribution in [-0.2, 0) is 4.79 Å². The van der Waals surface area contributed by atoms with E-state index >= 15 is 0 Å². The van der Waals surface area contributed by atoms with Gasteiger partial charge in [0.1, 0.15) is 19.0 Å². The highest BCUT2D eigenvalue weighted by atomic mass is 16.6. The van der Waals surface area contributed by atoms with Crippen molar-refractivity contribution < 1.29 is 23.5 Å². The van der Waals surface area contributed by atoms with Crippen molar-refractivity contribution in [1.82, 2.24) is 4.90 Å². The highest BCUT2D eigenvalue weighted by Gasteiger charge is 2.37. The molecule has 6 heteroatoms. The summed E-state index contributed by atoms with van der Waals surface area (Å²) in [7, 11) is 0. The quantitative estimate of drug-likeness (QED) is 0.695. The molecule has 1 unspecified atom stereocenters. The molecule has 0 spiro atoms. The summed E-state index contributed by atoms with van der Waals surface area (Å²) >= 11 is 0. The minimum absolute atomic E-state index is 0.00714. The smallest absolute Gasteiger partial charge is 0.223 e. The minimum Gasteiger partial charge on any atom is -0.486 e. The first kappa shape index (κ1) is 17.6. The summed E-state index contributed by atoms with van der Waals surface area (Å²) in [5.74, 6) is 1.94. The number of amides is 1. The number of ketones is 1. The van der Waals surface area contributed by atoms with E-state index in [0.717, 1.165) is 18.6 Å². The second kappa shape index (κ2) is 7.47. The molecule has 0 bridgehead atoms. The van der Waals surface area contributed by atoms with Gasteiger partial charge in [0.15, 0.2) is 17.3 Å². The van der Waals surface area contributed by atoms with Crippen LogP contribution in [-0.4, -0.2) is 35.8 Å². The zero-order chi connectivity index (χ0) is 18.8. The predicted octanol–water partition coefficient (Wildman–Crippen LogP) is 3.77. The first-order chi connectivity index (χ1) is 13.1. The van der Waals surface area contributed by atoms with Gasteiger partial charge < -0.3 is 18.8 Å². The molecule has 27 heavy (non-hydrogen) atoms. The van der Waals surface area contributed by atoms with Crippen LogP contribution in [0.5, 0.6) is 11.5 Å². The molecule has 6 nitrogen and oxygen atoms in total. The van der Waals surface area contributed by atoms with E-state index in [-0.39, 0.29) is 36.6 Å². The second-order valence-electron chi connectivity index (χ2n) is 7.01. The van der Waals surface area contributed by atoms with Crippen molar-refractivity contribution >= 4 is 11.7 Å². The van der Waals surface area contributed by atoms with Crippen molar-refractivity contribution in [2.24, 2.45) is 0 Å². The number of Topliss-reactive ketones (excluding diaryl/α,β-unsaturated/α-hetero) is 1. The van der Waals surface area contributed by atoms with Gasteiger partial charge in [0.2, 0.25) is 5.91 Å². The van der Waals surface area contributed by atoms with Crippen molar-refractivity contribution in [1.29, 1.82) is 0 Å². The first-order valence-electron chi connectivity index (χ1n) is 9.41. The summed E-state index contributed by atoms with van der Waals surface area (Å²) in [6.07, 6.45) is 3.99. The molecule has 1 atom stereocenters. The summed E-state index contributed by atoms with van der Waals surface area (Å²) in [5, 5.41) is 0. The van der Waals surface area contributed by atoms with Crippen molar-refractivity contribution in [2.45, 2.75) is 44.7 Å². The van der Waals surface area contributed by atoms with Crippen molar-refractivity contribution in [3.05, 3.63) is 47.9 Å². The number of hydrogen-bond acceptors (Lipinski definition) is 5. The SMILES string of the molecule is CC(c1ccco1)N(C(=O)CCC(=O)c1ccc2c(c1)OCCO2)C1CC1. The first-order valence-corrected chi connectivity index (χ1v) is 9.41. The monoisotopic (exact) mass is 369 g/mol. The van der Waals surface area contributed by atoms with Crippen molar-refractivity contribution in [3.63, 3.8) is 0 Å². The highest BCUT2D eigenvalue weighted by molar-refractivity contribution is 5.98.